The maximum atomic E-state index is 5.49. The molecule has 15 heavy (non-hydrogen) atoms. The summed E-state index contributed by atoms with van der Waals surface area (Å²) in [5.74, 6) is 0. The number of nitrogens with zero attached hydrogens (tertiary/aromatic N) is 1. The molecule has 1 rings (SSSR count). The van der Waals surface area contributed by atoms with Crippen LogP contribution in [0.3, 0.4) is 0 Å². The van der Waals surface area contributed by atoms with Crippen LogP contribution in [0.25, 0.3) is 0 Å². The zero-order valence-electron chi connectivity index (χ0n) is 10.3. The van der Waals surface area contributed by atoms with E-state index < -0.39 is 0 Å². The topological polar surface area (TPSA) is 24.5 Å². The van der Waals surface area contributed by atoms with Gasteiger partial charge in [0.15, 0.2) is 0 Å². The minimum atomic E-state index is 0.657. The lowest BCUT2D eigenvalue weighted by atomic mass is 10.1. The highest BCUT2D eigenvalue weighted by Gasteiger charge is 2.20. The Morgan fingerprint density at radius 3 is 2.93 bits per heavy atom. The quantitative estimate of drug-likeness (QED) is 0.650. The second kappa shape index (κ2) is 8.08. The van der Waals surface area contributed by atoms with Gasteiger partial charge in [0.25, 0.3) is 0 Å². The van der Waals surface area contributed by atoms with Crippen molar-refractivity contribution in [1.29, 1.82) is 0 Å². The van der Waals surface area contributed by atoms with Crippen LogP contribution in [0.1, 0.15) is 33.1 Å². The minimum absolute atomic E-state index is 0.657. The number of rotatable bonds is 7. The van der Waals surface area contributed by atoms with Crippen molar-refractivity contribution in [2.24, 2.45) is 0 Å². The smallest absolute Gasteiger partial charge is 0.0622 e. The van der Waals surface area contributed by atoms with Crippen LogP contribution < -0.4 is 5.32 Å². The van der Waals surface area contributed by atoms with Crippen LogP contribution in [0.2, 0.25) is 0 Å². The molecular formula is C12H26N2O. The Bertz CT molecular complexity index is 153. The predicted octanol–water partition coefficient (Wildman–Crippen LogP) is 1.49. The van der Waals surface area contributed by atoms with Gasteiger partial charge in [-0.3, -0.25) is 4.90 Å². The first-order valence-corrected chi connectivity index (χ1v) is 6.41. The highest BCUT2D eigenvalue weighted by Crippen LogP contribution is 2.10. The maximum Gasteiger partial charge on any atom is 0.0622 e. The summed E-state index contributed by atoms with van der Waals surface area (Å²) >= 11 is 0. The van der Waals surface area contributed by atoms with Gasteiger partial charge in [0, 0.05) is 12.6 Å². The molecule has 3 nitrogen and oxygen atoms in total. The molecule has 0 aromatic rings. The fourth-order valence-electron chi connectivity index (χ4n) is 2.07. The molecule has 1 aliphatic heterocycles. The molecule has 3 heteroatoms. The second-order valence-corrected chi connectivity index (χ2v) is 4.28. The summed E-state index contributed by atoms with van der Waals surface area (Å²) in [6.45, 7) is 11.0. The largest absolute Gasteiger partial charge is 0.378 e. The van der Waals surface area contributed by atoms with Crippen molar-refractivity contribution < 1.29 is 4.74 Å². The number of morpholine rings is 1. The van der Waals surface area contributed by atoms with E-state index in [-0.39, 0.29) is 0 Å². The zero-order valence-corrected chi connectivity index (χ0v) is 10.3. The molecule has 1 atom stereocenters. The molecule has 0 spiro atoms. The van der Waals surface area contributed by atoms with Crippen molar-refractivity contribution in [2.45, 2.75) is 39.2 Å². The SMILES string of the molecule is CCCNCCCN1CCOCC1CC. The molecule has 1 saturated heterocycles. The highest BCUT2D eigenvalue weighted by molar-refractivity contribution is 4.73. The number of hydrogen-bond acceptors (Lipinski definition) is 3. The van der Waals surface area contributed by atoms with Gasteiger partial charge in [-0.15, -0.1) is 0 Å². The Morgan fingerprint density at radius 2 is 2.20 bits per heavy atom. The van der Waals surface area contributed by atoms with Gasteiger partial charge in [0.05, 0.1) is 13.2 Å². The molecule has 1 heterocycles. The zero-order chi connectivity index (χ0) is 10.9. The van der Waals surface area contributed by atoms with E-state index in [1.54, 1.807) is 0 Å². The third-order valence-corrected chi connectivity index (χ3v) is 3.05. The van der Waals surface area contributed by atoms with E-state index in [4.69, 9.17) is 4.74 Å². The van der Waals surface area contributed by atoms with E-state index in [9.17, 15) is 0 Å². The summed E-state index contributed by atoms with van der Waals surface area (Å²) in [5.41, 5.74) is 0. The van der Waals surface area contributed by atoms with Crippen LogP contribution in [0.5, 0.6) is 0 Å². The van der Waals surface area contributed by atoms with Gasteiger partial charge in [0.1, 0.15) is 0 Å². The molecular weight excluding hydrogens is 188 g/mol. The van der Waals surface area contributed by atoms with E-state index >= 15 is 0 Å². The van der Waals surface area contributed by atoms with E-state index in [1.807, 2.05) is 0 Å². The number of nitrogens with one attached hydrogen (secondary N) is 1. The number of hydrogen-bond donors (Lipinski definition) is 1. The molecule has 1 unspecified atom stereocenters. The fraction of sp³-hybridized carbons (Fsp3) is 1.00. The predicted molar refractivity (Wildman–Crippen MR) is 64.2 cm³/mol. The van der Waals surface area contributed by atoms with E-state index in [2.05, 4.69) is 24.1 Å². The molecule has 1 N–H and O–H groups in total. The molecule has 1 fully saturated rings. The maximum absolute atomic E-state index is 5.49. The third-order valence-electron chi connectivity index (χ3n) is 3.05. The number of ether oxygens (including phenoxy) is 1. The van der Waals surface area contributed by atoms with E-state index in [1.165, 1.54) is 25.8 Å². The summed E-state index contributed by atoms with van der Waals surface area (Å²) in [6, 6.07) is 0.657. The van der Waals surface area contributed by atoms with Gasteiger partial charge in [-0.2, -0.15) is 0 Å². The Morgan fingerprint density at radius 1 is 1.33 bits per heavy atom. The van der Waals surface area contributed by atoms with Crippen LogP contribution in [0.15, 0.2) is 0 Å². The normalized spacial score (nSPS) is 23.2. The summed E-state index contributed by atoms with van der Waals surface area (Å²) in [5, 5.41) is 3.45. The lowest BCUT2D eigenvalue weighted by Crippen LogP contribution is -2.45. The van der Waals surface area contributed by atoms with Crippen molar-refractivity contribution in [3.05, 3.63) is 0 Å². The van der Waals surface area contributed by atoms with Gasteiger partial charge in [0.2, 0.25) is 0 Å². The summed E-state index contributed by atoms with van der Waals surface area (Å²) in [7, 11) is 0. The van der Waals surface area contributed by atoms with Gasteiger partial charge in [-0.05, 0) is 38.9 Å². The fourth-order valence-corrected chi connectivity index (χ4v) is 2.07. The first-order chi connectivity index (χ1) is 7.38. The van der Waals surface area contributed by atoms with Crippen molar-refractivity contribution >= 4 is 0 Å². The third kappa shape index (κ3) is 4.96. The van der Waals surface area contributed by atoms with Crippen LogP contribution in [-0.4, -0.2) is 50.3 Å². The molecule has 0 aromatic heterocycles. The first kappa shape index (κ1) is 12.9. The standard InChI is InChI=1S/C12H26N2O/c1-3-6-13-7-5-8-14-9-10-15-11-12(14)4-2/h12-13H,3-11H2,1-2H3. The van der Waals surface area contributed by atoms with Crippen molar-refractivity contribution in [1.82, 2.24) is 10.2 Å². The van der Waals surface area contributed by atoms with Crippen LogP contribution >= 0.6 is 0 Å². The van der Waals surface area contributed by atoms with Crippen LogP contribution in [-0.2, 0) is 4.74 Å². The average Bonchev–Trinajstić information content (AvgIpc) is 2.29. The van der Waals surface area contributed by atoms with Crippen molar-refractivity contribution in [3.63, 3.8) is 0 Å². The first-order valence-electron chi connectivity index (χ1n) is 6.41. The van der Waals surface area contributed by atoms with Gasteiger partial charge in [-0.25, -0.2) is 0 Å². The molecule has 1 aliphatic rings. The Kier molecular flexibility index (Phi) is 6.98. The van der Waals surface area contributed by atoms with Crippen molar-refractivity contribution in [3.8, 4) is 0 Å². The van der Waals surface area contributed by atoms with Crippen molar-refractivity contribution in [2.75, 3.05) is 39.4 Å². The Hall–Kier alpha value is -0.120. The lowest BCUT2D eigenvalue weighted by molar-refractivity contribution is -0.00884. The lowest BCUT2D eigenvalue weighted by Gasteiger charge is -2.35. The van der Waals surface area contributed by atoms with Crippen LogP contribution in [0, 0.1) is 0 Å². The summed E-state index contributed by atoms with van der Waals surface area (Å²) < 4.78 is 5.49. The molecule has 0 saturated carbocycles. The molecule has 90 valence electrons. The average molecular weight is 214 g/mol. The van der Waals surface area contributed by atoms with E-state index in [0.717, 1.165) is 32.8 Å². The molecule has 0 radical (unpaired) electrons. The molecule has 0 aromatic carbocycles. The van der Waals surface area contributed by atoms with Gasteiger partial charge in [-0.1, -0.05) is 13.8 Å². The highest BCUT2D eigenvalue weighted by atomic mass is 16.5. The van der Waals surface area contributed by atoms with Gasteiger partial charge < -0.3 is 10.1 Å². The van der Waals surface area contributed by atoms with E-state index in [0.29, 0.717) is 6.04 Å². The minimum Gasteiger partial charge on any atom is -0.378 e. The Labute approximate surface area is 94.2 Å². The Balaban J connectivity index is 2.07. The molecule has 0 aliphatic carbocycles. The second-order valence-electron chi connectivity index (χ2n) is 4.28. The monoisotopic (exact) mass is 214 g/mol. The molecule has 0 amide bonds. The van der Waals surface area contributed by atoms with Crippen LogP contribution in [0.4, 0.5) is 0 Å². The molecule has 0 bridgehead atoms. The summed E-state index contributed by atoms with van der Waals surface area (Å²) in [6.07, 6.45) is 3.70. The van der Waals surface area contributed by atoms with Gasteiger partial charge >= 0.3 is 0 Å². The summed E-state index contributed by atoms with van der Waals surface area (Å²) in [4.78, 5) is 2.58.